The van der Waals surface area contributed by atoms with E-state index in [9.17, 15) is 5.11 Å². The van der Waals surface area contributed by atoms with Gasteiger partial charge in [0.15, 0.2) is 0 Å². The van der Waals surface area contributed by atoms with Crippen molar-refractivity contribution in [2.45, 2.75) is 19.1 Å². The average Bonchev–Trinajstić information content (AvgIpc) is 3.41. The molecule has 1 saturated heterocycles. The average molecular weight is 387 g/mol. The summed E-state index contributed by atoms with van der Waals surface area (Å²) in [4.78, 5) is 11.4. The molecule has 7 heteroatoms. The number of benzene rings is 1. The molecule has 0 aliphatic carbocycles. The number of nitrogens with zero attached hydrogens (tertiary/aromatic N) is 4. The lowest BCUT2D eigenvalue weighted by Crippen LogP contribution is -2.22. The Kier molecular flexibility index (Phi) is 4.67. The monoisotopic (exact) mass is 387 g/mol. The van der Waals surface area contributed by atoms with Gasteiger partial charge in [0.2, 0.25) is 5.88 Å². The van der Waals surface area contributed by atoms with Crippen molar-refractivity contribution in [3.8, 4) is 22.9 Å². The van der Waals surface area contributed by atoms with Crippen LogP contribution in [0.3, 0.4) is 0 Å². The highest BCUT2D eigenvalue weighted by molar-refractivity contribution is 5.80. The Morgan fingerprint density at radius 2 is 2.10 bits per heavy atom. The van der Waals surface area contributed by atoms with E-state index in [1.165, 1.54) is 0 Å². The number of nitrogens with one attached hydrogen (secondary N) is 1. The van der Waals surface area contributed by atoms with E-state index in [0.717, 1.165) is 59.7 Å². The highest BCUT2D eigenvalue weighted by Gasteiger charge is 2.20. The molecule has 146 valence electrons. The molecule has 4 heterocycles. The van der Waals surface area contributed by atoms with E-state index in [1.807, 2.05) is 42.5 Å². The van der Waals surface area contributed by atoms with Gasteiger partial charge in [0.25, 0.3) is 0 Å². The first-order chi connectivity index (χ1) is 14.2. The van der Waals surface area contributed by atoms with Crippen molar-refractivity contribution in [3.05, 3.63) is 66.6 Å². The fraction of sp³-hybridized carbons (Fsp3) is 0.227. The van der Waals surface area contributed by atoms with Gasteiger partial charge >= 0.3 is 0 Å². The number of fused-ring (bicyclic) bond motifs is 1. The van der Waals surface area contributed by atoms with Crippen molar-refractivity contribution in [1.29, 1.82) is 0 Å². The minimum Gasteiger partial charge on any atom is -0.439 e. The zero-order valence-electron chi connectivity index (χ0n) is 15.8. The molecule has 2 N–H and O–H groups in total. The number of aromatic nitrogens is 4. The first-order valence-corrected chi connectivity index (χ1v) is 9.67. The summed E-state index contributed by atoms with van der Waals surface area (Å²) in [5.74, 6) is 1.25. The standard InChI is InChI=1S/C22H21N5O2/c28-18-8-10-27(14-18)13-17-3-1-15-11-19(4-5-20(15)25-17)29-22-6-2-16(12-23-22)21-7-9-24-26-21/h1-7,9,11-12,18,28H,8,10,13-14H2,(H,24,26). The van der Waals surface area contributed by atoms with Crippen molar-refractivity contribution >= 4 is 10.9 Å². The quantitative estimate of drug-likeness (QED) is 0.546. The van der Waals surface area contributed by atoms with Gasteiger partial charge in [0.1, 0.15) is 5.75 Å². The first kappa shape index (κ1) is 17.8. The smallest absolute Gasteiger partial charge is 0.219 e. The third-order valence-corrected chi connectivity index (χ3v) is 5.12. The van der Waals surface area contributed by atoms with Crippen LogP contribution < -0.4 is 4.74 Å². The van der Waals surface area contributed by atoms with Gasteiger partial charge < -0.3 is 9.84 Å². The van der Waals surface area contributed by atoms with Gasteiger partial charge in [-0.25, -0.2) is 4.98 Å². The zero-order chi connectivity index (χ0) is 19.6. The Morgan fingerprint density at radius 1 is 1.14 bits per heavy atom. The summed E-state index contributed by atoms with van der Waals surface area (Å²) < 4.78 is 5.91. The summed E-state index contributed by atoms with van der Waals surface area (Å²) in [5, 5.41) is 17.6. The lowest BCUT2D eigenvalue weighted by Gasteiger charge is -2.14. The maximum atomic E-state index is 9.68. The summed E-state index contributed by atoms with van der Waals surface area (Å²) >= 11 is 0. The van der Waals surface area contributed by atoms with Crippen LogP contribution in [0.1, 0.15) is 12.1 Å². The molecule has 3 aromatic heterocycles. The zero-order valence-corrected chi connectivity index (χ0v) is 15.8. The summed E-state index contributed by atoms with van der Waals surface area (Å²) in [5.41, 5.74) is 3.81. The van der Waals surface area contributed by atoms with Crippen LogP contribution in [0.5, 0.6) is 11.6 Å². The second-order valence-corrected chi connectivity index (χ2v) is 7.29. The Balaban J connectivity index is 1.30. The topological polar surface area (TPSA) is 87.2 Å². The van der Waals surface area contributed by atoms with Gasteiger partial charge in [-0.15, -0.1) is 0 Å². The SMILES string of the molecule is OC1CCN(Cc2ccc3cc(Oc4ccc(-c5ccn[nH]5)cn4)ccc3n2)C1. The molecule has 1 aromatic carbocycles. The van der Waals surface area contributed by atoms with Crippen LogP contribution in [0, 0.1) is 0 Å². The number of aromatic amines is 1. The van der Waals surface area contributed by atoms with Gasteiger partial charge in [0.05, 0.1) is 23.0 Å². The molecular formula is C22H21N5O2. The molecule has 5 rings (SSSR count). The maximum Gasteiger partial charge on any atom is 0.219 e. The van der Waals surface area contributed by atoms with Gasteiger partial charge in [-0.05, 0) is 42.8 Å². The lowest BCUT2D eigenvalue weighted by atomic mass is 10.2. The molecular weight excluding hydrogens is 366 g/mol. The van der Waals surface area contributed by atoms with Crippen LogP contribution >= 0.6 is 0 Å². The number of ether oxygens (including phenoxy) is 1. The third kappa shape index (κ3) is 3.96. The van der Waals surface area contributed by atoms with Gasteiger partial charge in [-0.2, -0.15) is 5.10 Å². The summed E-state index contributed by atoms with van der Waals surface area (Å²) in [6.45, 7) is 2.40. The van der Waals surface area contributed by atoms with E-state index >= 15 is 0 Å². The fourth-order valence-corrected chi connectivity index (χ4v) is 3.62. The summed E-state index contributed by atoms with van der Waals surface area (Å²) in [6, 6.07) is 15.6. The van der Waals surface area contributed by atoms with Crippen LogP contribution in [-0.2, 0) is 6.54 Å². The van der Waals surface area contributed by atoms with E-state index in [2.05, 4.69) is 26.1 Å². The number of H-pyrrole nitrogens is 1. The van der Waals surface area contributed by atoms with Crippen LogP contribution in [-0.4, -0.2) is 49.4 Å². The van der Waals surface area contributed by atoms with E-state index in [4.69, 9.17) is 9.72 Å². The number of aliphatic hydroxyl groups excluding tert-OH is 1. The van der Waals surface area contributed by atoms with Crippen molar-refractivity contribution in [2.24, 2.45) is 0 Å². The molecule has 4 aromatic rings. The van der Waals surface area contributed by atoms with Crippen molar-refractivity contribution in [1.82, 2.24) is 25.1 Å². The predicted molar refractivity (Wildman–Crippen MR) is 110 cm³/mol. The van der Waals surface area contributed by atoms with Gasteiger partial charge in [-0.1, -0.05) is 6.07 Å². The molecule has 0 radical (unpaired) electrons. The number of rotatable bonds is 5. The number of likely N-dealkylation sites (tertiary alicyclic amines) is 1. The van der Waals surface area contributed by atoms with Crippen molar-refractivity contribution in [2.75, 3.05) is 13.1 Å². The van der Waals surface area contributed by atoms with E-state index in [0.29, 0.717) is 5.88 Å². The molecule has 0 amide bonds. The van der Waals surface area contributed by atoms with E-state index < -0.39 is 0 Å². The first-order valence-electron chi connectivity index (χ1n) is 9.67. The van der Waals surface area contributed by atoms with Crippen LogP contribution in [0.4, 0.5) is 0 Å². The second kappa shape index (κ2) is 7.62. The van der Waals surface area contributed by atoms with E-state index in [-0.39, 0.29) is 6.10 Å². The molecule has 1 unspecified atom stereocenters. The maximum absolute atomic E-state index is 9.68. The molecule has 1 aliphatic heterocycles. The highest BCUT2D eigenvalue weighted by Crippen LogP contribution is 2.26. The molecule has 1 atom stereocenters. The van der Waals surface area contributed by atoms with Crippen LogP contribution in [0.15, 0.2) is 60.9 Å². The van der Waals surface area contributed by atoms with E-state index in [1.54, 1.807) is 12.4 Å². The molecule has 1 fully saturated rings. The highest BCUT2D eigenvalue weighted by atomic mass is 16.5. The molecule has 1 aliphatic rings. The molecule has 0 spiro atoms. The minimum atomic E-state index is -0.211. The second-order valence-electron chi connectivity index (χ2n) is 7.29. The molecule has 0 bridgehead atoms. The normalized spacial score (nSPS) is 17.1. The van der Waals surface area contributed by atoms with Crippen molar-refractivity contribution < 1.29 is 9.84 Å². The molecule has 29 heavy (non-hydrogen) atoms. The van der Waals surface area contributed by atoms with Gasteiger partial charge in [0, 0.05) is 49.0 Å². The van der Waals surface area contributed by atoms with Crippen LogP contribution in [0.2, 0.25) is 0 Å². The predicted octanol–water partition coefficient (Wildman–Crippen LogP) is 3.38. The Bertz CT molecular complexity index is 1110. The molecule has 0 saturated carbocycles. The largest absolute Gasteiger partial charge is 0.439 e. The Hall–Kier alpha value is -3.29. The third-order valence-electron chi connectivity index (χ3n) is 5.12. The lowest BCUT2D eigenvalue weighted by molar-refractivity contribution is 0.174. The molecule has 7 nitrogen and oxygen atoms in total. The minimum absolute atomic E-state index is 0.211. The summed E-state index contributed by atoms with van der Waals surface area (Å²) in [6.07, 6.45) is 4.10. The van der Waals surface area contributed by atoms with Crippen molar-refractivity contribution in [3.63, 3.8) is 0 Å². The Morgan fingerprint density at radius 3 is 2.86 bits per heavy atom. The Labute approximate surface area is 168 Å². The van der Waals surface area contributed by atoms with Crippen LogP contribution in [0.25, 0.3) is 22.2 Å². The number of hydrogen-bond donors (Lipinski definition) is 2. The summed E-state index contributed by atoms with van der Waals surface area (Å²) in [7, 11) is 0. The number of hydrogen-bond acceptors (Lipinski definition) is 6. The number of aliphatic hydroxyl groups is 1. The number of β-amino-alcohol motifs (C(OH)–C–C–N with tert-alkyl or cyclic N) is 1. The van der Waals surface area contributed by atoms with Gasteiger partial charge in [-0.3, -0.25) is 15.0 Å². The number of pyridine rings is 2. The fourth-order valence-electron chi connectivity index (χ4n) is 3.62.